The lowest BCUT2D eigenvalue weighted by atomic mass is 9.90. The standard InChI is InChI=1S/C23H50O4Si2/c1-18(16-27-29(11,12)23(4,5)6)13-19(2)22(26-17-25-7)15-21(24)14-20(3)28(8,9)10/h18-19,21-22,24H,3,13-17H2,1-2,4-12H3/t18-,19-,21-,22-/m0/s1. The van der Waals surface area contributed by atoms with Gasteiger partial charge in [-0.15, -0.1) is 6.58 Å². The predicted molar refractivity (Wildman–Crippen MR) is 131 cm³/mol. The molecule has 0 aromatic rings. The fourth-order valence-corrected chi connectivity index (χ4v) is 4.97. The molecule has 0 radical (unpaired) electrons. The van der Waals surface area contributed by atoms with E-state index < -0.39 is 22.5 Å². The van der Waals surface area contributed by atoms with Crippen LogP contribution in [0.15, 0.2) is 11.8 Å². The highest BCUT2D eigenvalue weighted by Crippen LogP contribution is 2.37. The summed E-state index contributed by atoms with van der Waals surface area (Å²) in [5.74, 6) is 0.764. The lowest BCUT2D eigenvalue weighted by Gasteiger charge is -2.37. The minimum absolute atomic E-state index is 0.0327. The summed E-state index contributed by atoms with van der Waals surface area (Å²) in [6, 6.07) is 0. The summed E-state index contributed by atoms with van der Waals surface area (Å²) in [4.78, 5) is 0. The molecule has 6 heteroatoms. The van der Waals surface area contributed by atoms with Gasteiger partial charge in [-0.2, -0.15) is 0 Å². The Balaban J connectivity index is 4.81. The Bertz CT molecular complexity index is 480. The largest absolute Gasteiger partial charge is 0.417 e. The second kappa shape index (κ2) is 12.2. The Kier molecular flexibility index (Phi) is 12.2. The van der Waals surface area contributed by atoms with Crippen LogP contribution >= 0.6 is 0 Å². The quantitative estimate of drug-likeness (QED) is 0.254. The predicted octanol–water partition coefficient (Wildman–Crippen LogP) is 6.23. The van der Waals surface area contributed by atoms with Crippen LogP contribution < -0.4 is 0 Å². The average Bonchev–Trinajstić information content (AvgIpc) is 2.54. The van der Waals surface area contributed by atoms with Crippen molar-refractivity contribution in [3.63, 3.8) is 0 Å². The maximum absolute atomic E-state index is 10.7. The van der Waals surface area contributed by atoms with Crippen molar-refractivity contribution in [2.45, 2.75) is 104 Å². The van der Waals surface area contributed by atoms with E-state index in [9.17, 15) is 5.11 Å². The first-order valence-electron chi connectivity index (χ1n) is 11.1. The molecule has 174 valence electrons. The monoisotopic (exact) mass is 446 g/mol. The highest BCUT2D eigenvalue weighted by atomic mass is 28.4. The molecule has 0 spiro atoms. The van der Waals surface area contributed by atoms with Crippen LogP contribution in [-0.2, 0) is 13.9 Å². The van der Waals surface area contributed by atoms with Gasteiger partial charge in [0.1, 0.15) is 6.79 Å². The Morgan fingerprint density at radius 1 is 1.03 bits per heavy atom. The number of ether oxygens (including phenoxy) is 2. The molecule has 0 amide bonds. The van der Waals surface area contributed by atoms with Gasteiger partial charge in [0.2, 0.25) is 0 Å². The lowest BCUT2D eigenvalue weighted by Crippen LogP contribution is -2.42. The van der Waals surface area contributed by atoms with Crippen molar-refractivity contribution >= 4 is 16.4 Å². The van der Waals surface area contributed by atoms with E-state index in [4.69, 9.17) is 13.9 Å². The van der Waals surface area contributed by atoms with E-state index in [0.717, 1.165) is 13.0 Å². The topological polar surface area (TPSA) is 47.9 Å². The van der Waals surface area contributed by atoms with Crippen LogP contribution in [0.4, 0.5) is 0 Å². The normalized spacial score (nSPS) is 17.7. The maximum atomic E-state index is 10.7. The molecule has 0 saturated heterocycles. The number of hydrogen-bond donors (Lipinski definition) is 1. The molecule has 0 bridgehead atoms. The van der Waals surface area contributed by atoms with Gasteiger partial charge in [0.25, 0.3) is 0 Å². The van der Waals surface area contributed by atoms with Crippen LogP contribution in [0.5, 0.6) is 0 Å². The third-order valence-corrected chi connectivity index (χ3v) is 13.2. The number of methoxy groups -OCH3 is 1. The second-order valence-corrected chi connectivity index (χ2v) is 21.5. The number of hydrogen-bond acceptors (Lipinski definition) is 4. The molecule has 0 heterocycles. The van der Waals surface area contributed by atoms with Gasteiger partial charge in [0.15, 0.2) is 8.32 Å². The fourth-order valence-electron chi connectivity index (χ4n) is 2.98. The second-order valence-electron chi connectivity index (χ2n) is 11.4. The summed E-state index contributed by atoms with van der Waals surface area (Å²) >= 11 is 0. The molecule has 0 aromatic heterocycles. The number of rotatable bonds is 14. The maximum Gasteiger partial charge on any atom is 0.191 e. The molecule has 0 unspecified atom stereocenters. The highest BCUT2D eigenvalue weighted by Gasteiger charge is 2.37. The van der Waals surface area contributed by atoms with Crippen molar-refractivity contribution in [3.05, 3.63) is 11.8 Å². The van der Waals surface area contributed by atoms with E-state index in [-0.39, 0.29) is 17.9 Å². The summed E-state index contributed by atoms with van der Waals surface area (Å²) in [6.45, 7) is 28.0. The van der Waals surface area contributed by atoms with Gasteiger partial charge in [0, 0.05) is 20.1 Å². The van der Waals surface area contributed by atoms with Gasteiger partial charge in [-0.3, -0.25) is 0 Å². The Labute approximate surface area is 183 Å². The first-order chi connectivity index (χ1) is 13.0. The molecule has 4 atom stereocenters. The molecule has 0 aliphatic carbocycles. The molecule has 0 aliphatic heterocycles. The lowest BCUT2D eigenvalue weighted by molar-refractivity contribution is -0.104. The van der Waals surface area contributed by atoms with Crippen molar-refractivity contribution in [2.24, 2.45) is 11.8 Å². The first kappa shape index (κ1) is 29.0. The zero-order valence-electron chi connectivity index (χ0n) is 21.2. The molecule has 4 nitrogen and oxygen atoms in total. The van der Waals surface area contributed by atoms with Crippen molar-refractivity contribution in [1.29, 1.82) is 0 Å². The summed E-state index contributed by atoms with van der Waals surface area (Å²) in [7, 11) is -1.52. The van der Waals surface area contributed by atoms with Crippen LogP contribution in [0.25, 0.3) is 0 Å². The zero-order chi connectivity index (χ0) is 23.0. The molecule has 0 fully saturated rings. The van der Waals surface area contributed by atoms with E-state index in [1.165, 1.54) is 5.20 Å². The Hall–Kier alpha value is 0.0138. The van der Waals surface area contributed by atoms with E-state index in [2.05, 4.69) is 73.9 Å². The first-order valence-corrected chi connectivity index (χ1v) is 17.5. The third kappa shape index (κ3) is 11.3. The smallest absolute Gasteiger partial charge is 0.191 e. The van der Waals surface area contributed by atoms with Crippen LogP contribution in [-0.4, -0.2) is 54.2 Å². The van der Waals surface area contributed by atoms with E-state index >= 15 is 0 Å². The van der Waals surface area contributed by atoms with E-state index in [1.807, 2.05) is 0 Å². The molecule has 0 aliphatic rings. The van der Waals surface area contributed by atoms with E-state index in [1.54, 1.807) is 7.11 Å². The molecule has 0 rings (SSSR count). The van der Waals surface area contributed by atoms with E-state index in [0.29, 0.717) is 24.7 Å². The van der Waals surface area contributed by atoms with Gasteiger partial charge in [0.05, 0.1) is 20.3 Å². The molecule has 0 aromatic carbocycles. The third-order valence-electron chi connectivity index (χ3n) is 6.39. The Morgan fingerprint density at radius 3 is 2.03 bits per heavy atom. The minimum atomic E-state index is -1.73. The van der Waals surface area contributed by atoms with Crippen LogP contribution in [0.2, 0.25) is 37.8 Å². The van der Waals surface area contributed by atoms with Crippen LogP contribution in [0.3, 0.4) is 0 Å². The molecule has 1 N–H and O–H groups in total. The van der Waals surface area contributed by atoms with Gasteiger partial charge >= 0.3 is 0 Å². The van der Waals surface area contributed by atoms with Crippen molar-refractivity contribution in [2.75, 3.05) is 20.5 Å². The summed E-state index contributed by atoms with van der Waals surface area (Å²) in [5.41, 5.74) is 0. The molecule has 0 saturated carbocycles. The fraction of sp³-hybridized carbons (Fsp3) is 0.913. The van der Waals surface area contributed by atoms with Gasteiger partial charge in [-0.1, -0.05) is 59.5 Å². The van der Waals surface area contributed by atoms with Gasteiger partial charge in [-0.25, -0.2) is 0 Å². The molecular formula is C23H50O4Si2. The zero-order valence-corrected chi connectivity index (χ0v) is 23.2. The summed E-state index contributed by atoms with van der Waals surface area (Å²) < 4.78 is 17.5. The molecule has 29 heavy (non-hydrogen) atoms. The summed E-state index contributed by atoms with van der Waals surface area (Å²) in [6.07, 6.45) is 1.83. The van der Waals surface area contributed by atoms with Crippen LogP contribution in [0.1, 0.15) is 53.9 Å². The number of aliphatic hydroxyl groups is 1. The Morgan fingerprint density at radius 2 is 1.59 bits per heavy atom. The van der Waals surface area contributed by atoms with Gasteiger partial charge in [-0.05, 0) is 42.8 Å². The van der Waals surface area contributed by atoms with Crippen molar-refractivity contribution in [1.82, 2.24) is 0 Å². The van der Waals surface area contributed by atoms with Crippen molar-refractivity contribution in [3.8, 4) is 0 Å². The minimum Gasteiger partial charge on any atom is -0.417 e. The SMILES string of the molecule is C=C(C[C@H](O)C[C@H](OCOC)[C@@H](C)C[C@H](C)CO[Si](C)(C)C(C)(C)C)[Si](C)(C)C. The average molecular weight is 447 g/mol. The van der Waals surface area contributed by atoms with Crippen molar-refractivity contribution < 1.29 is 19.0 Å². The highest BCUT2D eigenvalue weighted by molar-refractivity contribution is 6.83. The van der Waals surface area contributed by atoms with Crippen LogP contribution in [0, 0.1) is 11.8 Å². The summed E-state index contributed by atoms with van der Waals surface area (Å²) in [5, 5.41) is 12.1. The van der Waals surface area contributed by atoms with Gasteiger partial charge < -0.3 is 19.0 Å². The molecular weight excluding hydrogens is 396 g/mol. The number of aliphatic hydroxyl groups excluding tert-OH is 1.